The molecule has 0 bridgehead atoms. The van der Waals surface area contributed by atoms with Crippen molar-refractivity contribution in [3.8, 4) is 22.3 Å². The van der Waals surface area contributed by atoms with Crippen molar-refractivity contribution >= 4 is 46.3 Å². The molecule has 0 unspecified atom stereocenters. The largest absolute Gasteiger partial charge is 0.311 e. The van der Waals surface area contributed by atoms with Gasteiger partial charge in [0.05, 0.1) is 0 Å². The lowest BCUT2D eigenvalue weighted by atomic mass is 9.82. The number of rotatable bonds is 9. The van der Waals surface area contributed by atoms with Gasteiger partial charge in [-0.2, -0.15) is 0 Å². The summed E-state index contributed by atoms with van der Waals surface area (Å²) in [6.45, 7) is 4.69. The lowest BCUT2D eigenvalue weighted by molar-refractivity contribution is 0.660. The second kappa shape index (κ2) is 14.5. The Balaban J connectivity index is 1.02. The Hall–Kier alpha value is -6.90. The van der Waals surface area contributed by atoms with Crippen molar-refractivity contribution in [2.24, 2.45) is 0 Å². The van der Waals surface area contributed by atoms with Crippen LogP contribution in [-0.2, 0) is 5.41 Å². The maximum Gasteiger partial charge on any atom is 0.0465 e. The lowest BCUT2D eigenvalue weighted by Gasteiger charge is -2.28. The molecule has 2 nitrogen and oxygen atoms in total. The normalized spacial score (nSPS) is 12.6. The quantitative estimate of drug-likeness (QED) is 0.138. The average molecular weight is 707 g/mol. The van der Waals surface area contributed by atoms with E-state index in [2.05, 4.69) is 242 Å². The maximum absolute atomic E-state index is 2.40. The smallest absolute Gasteiger partial charge is 0.0465 e. The molecule has 0 heterocycles. The number of anilines is 6. The SMILES string of the molecule is CC1(C)c2ccccc2-c2ccc(N(c3ccc(C=Cc4ccc(N(c5ccccc5)c5ccccc5)cc4)cc3)c3ccc(-c4ccccc4)cc3)cc21. The molecule has 0 aromatic heterocycles. The minimum atomic E-state index is -0.0843. The maximum atomic E-state index is 2.40. The number of nitrogens with zero attached hydrogens (tertiary/aromatic N) is 2. The number of para-hydroxylation sites is 2. The standard InChI is InChI=1S/C53H42N2/c1-53(2)51-21-13-12-20-49(51)50-37-36-48(38-52(50)53)55(47-34-28-42(29-35-47)41-14-6-3-7-15-41)46-32-26-40(27-33-46)23-22-39-24-30-45(31-25-39)54(43-16-8-4-9-17-43)44-18-10-5-11-19-44/h3-38H,1-2H3. The van der Waals surface area contributed by atoms with Crippen molar-refractivity contribution < 1.29 is 0 Å². The van der Waals surface area contributed by atoms with Gasteiger partial charge in [-0.3, -0.25) is 0 Å². The second-order valence-electron chi connectivity index (χ2n) is 14.7. The Morgan fingerprint density at radius 2 is 0.709 bits per heavy atom. The molecule has 8 aromatic carbocycles. The van der Waals surface area contributed by atoms with Crippen LogP contribution in [0, 0.1) is 0 Å². The number of benzene rings is 8. The number of fused-ring (bicyclic) bond motifs is 3. The third-order valence-corrected chi connectivity index (χ3v) is 10.9. The zero-order chi connectivity index (χ0) is 37.2. The molecule has 0 N–H and O–H groups in total. The Morgan fingerprint density at radius 3 is 1.25 bits per heavy atom. The van der Waals surface area contributed by atoms with Gasteiger partial charge in [0.15, 0.2) is 0 Å². The predicted octanol–water partition coefficient (Wildman–Crippen LogP) is 14.8. The highest BCUT2D eigenvalue weighted by atomic mass is 15.1. The molecule has 0 fully saturated rings. The summed E-state index contributed by atoms with van der Waals surface area (Å²) in [5, 5.41) is 0. The predicted molar refractivity (Wildman–Crippen MR) is 234 cm³/mol. The molecule has 8 aromatic rings. The van der Waals surface area contributed by atoms with Crippen molar-refractivity contribution in [2.75, 3.05) is 9.80 Å². The summed E-state index contributed by atoms with van der Waals surface area (Å²) in [5.74, 6) is 0. The van der Waals surface area contributed by atoms with Crippen LogP contribution in [0.15, 0.2) is 206 Å². The second-order valence-corrected chi connectivity index (χ2v) is 14.7. The monoisotopic (exact) mass is 706 g/mol. The summed E-state index contributed by atoms with van der Waals surface area (Å²) in [6.07, 6.45) is 4.38. The number of hydrogen-bond acceptors (Lipinski definition) is 2. The van der Waals surface area contributed by atoms with Gasteiger partial charge < -0.3 is 9.80 Å². The van der Waals surface area contributed by atoms with Gasteiger partial charge in [0.1, 0.15) is 0 Å². The molecule has 264 valence electrons. The van der Waals surface area contributed by atoms with Crippen LogP contribution in [0.5, 0.6) is 0 Å². The highest BCUT2D eigenvalue weighted by Gasteiger charge is 2.35. The van der Waals surface area contributed by atoms with Crippen molar-refractivity contribution in [1.82, 2.24) is 0 Å². The van der Waals surface area contributed by atoms with Gasteiger partial charge in [-0.05, 0) is 117 Å². The Morgan fingerprint density at radius 1 is 0.327 bits per heavy atom. The van der Waals surface area contributed by atoms with E-state index in [1.807, 2.05) is 0 Å². The molecule has 0 amide bonds. The molecule has 1 aliphatic rings. The Bertz CT molecular complexity index is 2530. The van der Waals surface area contributed by atoms with E-state index < -0.39 is 0 Å². The van der Waals surface area contributed by atoms with Crippen molar-refractivity contribution in [3.63, 3.8) is 0 Å². The molecule has 55 heavy (non-hydrogen) atoms. The molecule has 0 saturated carbocycles. The van der Waals surface area contributed by atoms with Crippen LogP contribution >= 0.6 is 0 Å². The molecule has 0 spiro atoms. The van der Waals surface area contributed by atoms with Gasteiger partial charge in [0, 0.05) is 39.5 Å². The van der Waals surface area contributed by atoms with Gasteiger partial charge in [-0.15, -0.1) is 0 Å². The molecule has 0 atom stereocenters. The van der Waals surface area contributed by atoms with Crippen molar-refractivity contribution in [3.05, 3.63) is 229 Å². The van der Waals surface area contributed by atoms with Crippen LogP contribution in [0.1, 0.15) is 36.1 Å². The van der Waals surface area contributed by atoms with Crippen molar-refractivity contribution in [2.45, 2.75) is 19.3 Å². The van der Waals surface area contributed by atoms with Crippen molar-refractivity contribution in [1.29, 1.82) is 0 Å². The lowest BCUT2D eigenvalue weighted by Crippen LogP contribution is -2.16. The fraction of sp³-hybridized carbons (Fsp3) is 0.0566. The molecule has 0 saturated heterocycles. The van der Waals surface area contributed by atoms with E-state index >= 15 is 0 Å². The fourth-order valence-corrected chi connectivity index (χ4v) is 7.97. The summed E-state index contributed by atoms with van der Waals surface area (Å²) in [6, 6.07) is 74.0. The third-order valence-electron chi connectivity index (χ3n) is 10.9. The minimum absolute atomic E-state index is 0.0843. The van der Waals surface area contributed by atoms with E-state index in [0.717, 1.165) is 45.3 Å². The highest BCUT2D eigenvalue weighted by Crippen LogP contribution is 2.50. The zero-order valence-corrected chi connectivity index (χ0v) is 31.2. The summed E-state index contributed by atoms with van der Waals surface area (Å²) >= 11 is 0. The van der Waals surface area contributed by atoms with Gasteiger partial charge >= 0.3 is 0 Å². The topological polar surface area (TPSA) is 6.48 Å². The first-order valence-corrected chi connectivity index (χ1v) is 19.0. The molecule has 1 aliphatic carbocycles. The van der Waals surface area contributed by atoms with E-state index in [-0.39, 0.29) is 5.41 Å². The van der Waals surface area contributed by atoms with E-state index in [1.165, 1.54) is 33.4 Å². The summed E-state index contributed by atoms with van der Waals surface area (Å²) in [4.78, 5) is 4.67. The van der Waals surface area contributed by atoms with E-state index in [0.29, 0.717) is 0 Å². The first-order valence-electron chi connectivity index (χ1n) is 19.0. The summed E-state index contributed by atoms with van der Waals surface area (Å²) in [7, 11) is 0. The van der Waals surface area contributed by atoms with Crippen LogP contribution in [0.4, 0.5) is 34.1 Å². The van der Waals surface area contributed by atoms with Gasteiger partial charge in [0.2, 0.25) is 0 Å². The van der Waals surface area contributed by atoms with Crippen LogP contribution < -0.4 is 9.80 Å². The Labute approximate surface area is 324 Å². The van der Waals surface area contributed by atoms with E-state index in [4.69, 9.17) is 0 Å². The van der Waals surface area contributed by atoms with Crippen LogP contribution in [0.3, 0.4) is 0 Å². The summed E-state index contributed by atoms with van der Waals surface area (Å²) < 4.78 is 0. The van der Waals surface area contributed by atoms with Crippen LogP contribution in [0.2, 0.25) is 0 Å². The first-order chi connectivity index (χ1) is 27.0. The average Bonchev–Trinajstić information content (AvgIpc) is 3.48. The first kappa shape index (κ1) is 33.9. The highest BCUT2D eigenvalue weighted by molar-refractivity contribution is 5.86. The molecule has 0 radical (unpaired) electrons. The fourth-order valence-electron chi connectivity index (χ4n) is 7.97. The minimum Gasteiger partial charge on any atom is -0.311 e. The Kier molecular flexibility index (Phi) is 8.94. The molecule has 0 aliphatic heterocycles. The van der Waals surface area contributed by atoms with Gasteiger partial charge in [0.25, 0.3) is 0 Å². The van der Waals surface area contributed by atoms with Crippen LogP contribution in [-0.4, -0.2) is 0 Å². The zero-order valence-electron chi connectivity index (χ0n) is 31.2. The van der Waals surface area contributed by atoms with Gasteiger partial charge in [-0.1, -0.05) is 159 Å². The number of hydrogen-bond donors (Lipinski definition) is 0. The van der Waals surface area contributed by atoms with E-state index in [1.54, 1.807) is 0 Å². The molecule has 2 heteroatoms. The third kappa shape index (κ3) is 6.64. The molecular weight excluding hydrogens is 665 g/mol. The molecule has 9 rings (SSSR count). The van der Waals surface area contributed by atoms with E-state index in [9.17, 15) is 0 Å². The van der Waals surface area contributed by atoms with Gasteiger partial charge in [-0.25, -0.2) is 0 Å². The summed E-state index contributed by atoms with van der Waals surface area (Å²) in [5.41, 5.74) is 16.8. The molecular formula is C53H42N2. The van der Waals surface area contributed by atoms with Crippen LogP contribution in [0.25, 0.3) is 34.4 Å².